The Balaban J connectivity index is 1.45. The smallest absolute Gasteiger partial charge is 0.406 e. The third-order valence-electron chi connectivity index (χ3n) is 5.09. The number of benzene rings is 1. The molecular formula is C20H19ClN6O3. The number of ether oxygens (including phenoxy) is 2. The van der Waals surface area contributed by atoms with Crippen LogP contribution in [0.1, 0.15) is 12.8 Å². The summed E-state index contributed by atoms with van der Waals surface area (Å²) < 4.78 is 12.6. The Hall–Kier alpha value is -3.17. The fourth-order valence-electron chi connectivity index (χ4n) is 3.63. The van der Waals surface area contributed by atoms with Gasteiger partial charge in [-0.05, 0) is 31.0 Å². The molecule has 1 aromatic carbocycles. The second-order valence-corrected chi connectivity index (χ2v) is 7.62. The molecular weight excluding hydrogens is 408 g/mol. The molecule has 5 rings (SSSR count). The van der Waals surface area contributed by atoms with Crippen LogP contribution in [0, 0.1) is 0 Å². The van der Waals surface area contributed by atoms with E-state index in [4.69, 9.17) is 21.1 Å². The molecule has 0 bridgehead atoms. The van der Waals surface area contributed by atoms with E-state index in [1.54, 1.807) is 17.1 Å². The number of rotatable bonds is 3. The molecule has 10 heteroatoms. The molecule has 9 nitrogen and oxygen atoms in total. The first-order chi connectivity index (χ1) is 14.6. The van der Waals surface area contributed by atoms with Gasteiger partial charge in [0.05, 0.1) is 24.4 Å². The SMILES string of the molecule is Cn1nc(-c2cnc3[nH]cc(OC(=O)N[C@@H]4CCCOC4)c3n2)c2ccc(Cl)cc21. The van der Waals surface area contributed by atoms with E-state index in [9.17, 15) is 4.79 Å². The van der Waals surface area contributed by atoms with E-state index in [-0.39, 0.29) is 6.04 Å². The Kier molecular flexibility index (Phi) is 4.76. The summed E-state index contributed by atoms with van der Waals surface area (Å²) >= 11 is 6.11. The summed E-state index contributed by atoms with van der Waals surface area (Å²) in [4.78, 5) is 24.4. The average molecular weight is 427 g/mol. The summed E-state index contributed by atoms with van der Waals surface area (Å²) in [5.74, 6) is 0.303. The first-order valence-corrected chi connectivity index (χ1v) is 9.99. The number of hydrogen-bond acceptors (Lipinski definition) is 6. The highest BCUT2D eigenvalue weighted by Crippen LogP contribution is 2.30. The number of carbonyl (C=O) groups is 1. The Morgan fingerprint density at radius 2 is 2.33 bits per heavy atom. The predicted molar refractivity (Wildman–Crippen MR) is 112 cm³/mol. The van der Waals surface area contributed by atoms with Crippen LogP contribution in [0.25, 0.3) is 33.5 Å². The maximum Gasteiger partial charge on any atom is 0.413 e. The van der Waals surface area contributed by atoms with Crippen molar-refractivity contribution in [3.05, 3.63) is 35.6 Å². The van der Waals surface area contributed by atoms with Crippen LogP contribution in [0.5, 0.6) is 5.75 Å². The van der Waals surface area contributed by atoms with Gasteiger partial charge in [0.15, 0.2) is 16.9 Å². The first kappa shape index (κ1) is 18.8. The number of aromatic amines is 1. The van der Waals surface area contributed by atoms with Crippen molar-refractivity contribution in [2.24, 2.45) is 7.05 Å². The van der Waals surface area contributed by atoms with Crippen molar-refractivity contribution in [2.45, 2.75) is 18.9 Å². The molecule has 4 aromatic rings. The molecule has 0 saturated carbocycles. The van der Waals surface area contributed by atoms with Crippen molar-refractivity contribution in [1.82, 2.24) is 30.0 Å². The van der Waals surface area contributed by atoms with Gasteiger partial charge in [-0.25, -0.2) is 14.8 Å². The van der Waals surface area contributed by atoms with Gasteiger partial charge >= 0.3 is 6.09 Å². The second-order valence-electron chi connectivity index (χ2n) is 7.19. The molecule has 30 heavy (non-hydrogen) atoms. The van der Waals surface area contributed by atoms with E-state index < -0.39 is 6.09 Å². The number of amides is 1. The van der Waals surface area contributed by atoms with Crippen LogP contribution < -0.4 is 10.1 Å². The minimum absolute atomic E-state index is 0.0511. The van der Waals surface area contributed by atoms with Crippen LogP contribution in [-0.2, 0) is 11.8 Å². The maximum absolute atomic E-state index is 12.3. The molecule has 154 valence electrons. The Bertz CT molecular complexity index is 1240. The number of aromatic nitrogens is 5. The van der Waals surface area contributed by atoms with E-state index in [0.29, 0.717) is 39.9 Å². The molecule has 1 atom stereocenters. The topological polar surface area (TPSA) is 107 Å². The van der Waals surface area contributed by atoms with Crippen LogP contribution in [0.15, 0.2) is 30.6 Å². The molecule has 0 aliphatic carbocycles. The maximum atomic E-state index is 12.3. The van der Waals surface area contributed by atoms with Gasteiger partial charge in [-0.1, -0.05) is 11.6 Å². The van der Waals surface area contributed by atoms with E-state index in [2.05, 4.69) is 25.4 Å². The van der Waals surface area contributed by atoms with Crippen molar-refractivity contribution < 1.29 is 14.3 Å². The number of nitrogens with one attached hydrogen (secondary N) is 2. The second kappa shape index (κ2) is 7.58. The summed E-state index contributed by atoms with van der Waals surface area (Å²) in [6.07, 6.45) is 4.44. The quantitative estimate of drug-likeness (QED) is 0.519. The van der Waals surface area contributed by atoms with Crippen molar-refractivity contribution in [1.29, 1.82) is 0 Å². The molecule has 2 N–H and O–H groups in total. The van der Waals surface area contributed by atoms with Gasteiger partial charge in [-0.3, -0.25) is 4.68 Å². The number of halogens is 1. The minimum atomic E-state index is -0.545. The fraction of sp³-hybridized carbons (Fsp3) is 0.300. The van der Waals surface area contributed by atoms with Gasteiger partial charge < -0.3 is 19.8 Å². The summed E-state index contributed by atoms with van der Waals surface area (Å²) in [7, 11) is 1.85. The summed E-state index contributed by atoms with van der Waals surface area (Å²) in [6.45, 7) is 1.21. The lowest BCUT2D eigenvalue weighted by Crippen LogP contribution is -2.42. The normalized spacial score (nSPS) is 16.8. The molecule has 4 heterocycles. The number of aryl methyl sites for hydroxylation is 1. The zero-order valence-corrected chi connectivity index (χ0v) is 16.9. The van der Waals surface area contributed by atoms with Crippen LogP contribution in [0.2, 0.25) is 5.02 Å². The zero-order valence-electron chi connectivity index (χ0n) is 16.2. The number of carbonyl (C=O) groups excluding carboxylic acids is 1. The molecule has 1 aliphatic rings. The van der Waals surface area contributed by atoms with E-state index in [1.165, 1.54) is 0 Å². The minimum Gasteiger partial charge on any atom is -0.406 e. The molecule has 0 unspecified atom stereocenters. The molecule has 1 aliphatic heterocycles. The Morgan fingerprint density at radius 3 is 3.17 bits per heavy atom. The predicted octanol–water partition coefficient (Wildman–Crippen LogP) is 3.43. The van der Waals surface area contributed by atoms with E-state index in [1.807, 2.05) is 25.2 Å². The largest absolute Gasteiger partial charge is 0.413 e. The summed E-state index contributed by atoms with van der Waals surface area (Å²) in [5.41, 5.74) is 3.11. The Morgan fingerprint density at radius 1 is 1.43 bits per heavy atom. The van der Waals surface area contributed by atoms with E-state index >= 15 is 0 Å². The van der Waals surface area contributed by atoms with Crippen molar-refractivity contribution in [3.63, 3.8) is 0 Å². The highest BCUT2D eigenvalue weighted by molar-refractivity contribution is 6.31. The standard InChI is InChI=1S/C20H19ClN6O3/c1-27-15-7-11(21)4-5-13(15)17(26-27)14-8-22-19-18(25-14)16(9-23-19)30-20(28)24-12-3-2-6-29-10-12/h4-5,7-9,12H,2-3,6,10H2,1H3,(H,22,23)(H,24,28)/t12-/m1/s1. The number of H-pyrrole nitrogens is 1. The van der Waals surface area contributed by atoms with Crippen LogP contribution in [0.4, 0.5) is 4.79 Å². The van der Waals surface area contributed by atoms with E-state index in [0.717, 1.165) is 30.4 Å². The van der Waals surface area contributed by atoms with Gasteiger partial charge in [0, 0.05) is 30.3 Å². The zero-order chi connectivity index (χ0) is 20.7. The molecule has 3 aromatic heterocycles. The molecule has 1 saturated heterocycles. The van der Waals surface area contributed by atoms with Gasteiger partial charge in [0.1, 0.15) is 11.4 Å². The number of fused-ring (bicyclic) bond motifs is 2. The lowest BCUT2D eigenvalue weighted by atomic mass is 10.1. The number of hydrogen-bond donors (Lipinski definition) is 2. The van der Waals surface area contributed by atoms with Gasteiger partial charge in [-0.15, -0.1) is 0 Å². The van der Waals surface area contributed by atoms with Crippen molar-refractivity contribution >= 4 is 39.8 Å². The summed E-state index contributed by atoms with van der Waals surface area (Å²) in [6, 6.07) is 5.51. The molecule has 0 spiro atoms. The number of nitrogens with zero attached hydrogens (tertiary/aromatic N) is 4. The monoisotopic (exact) mass is 426 g/mol. The molecule has 1 fully saturated rings. The van der Waals surface area contributed by atoms with Gasteiger partial charge in [0.2, 0.25) is 0 Å². The average Bonchev–Trinajstić information content (AvgIpc) is 3.29. The highest BCUT2D eigenvalue weighted by Gasteiger charge is 2.20. The van der Waals surface area contributed by atoms with Gasteiger partial charge in [0.25, 0.3) is 0 Å². The summed E-state index contributed by atoms with van der Waals surface area (Å²) in [5, 5.41) is 8.94. The lowest BCUT2D eigenvalue weighted by molar-refractivity contribution is 0.0703. The van der Waals surface area contributed by atoms with Crippen LogP contribution in [-0.4, -0.2) is 50.1 Å². The fourth-order valence-corrected chi connectivity index (χ4v) is 3.80. The van der Waals surface area contributed by atoms with Crippen molar-refractivity contribution in [2.75, 3.05) is 13.2 Å². The third-order valence-corrected chi connectivity index (χ3v) is 5.32. The molecule has 1 amide bonds. The van der Waals surface area contributed by atoms with Gasteiger partial charge in [-0.2, -0.15) is 5.10 Å². The highest BCUT2D eigenvalue weighted by atomic mass is 35.5. The lowest BCUT2D eigenvalue weighted by Gasteiger charge is -2.22. The Labute approximate surface area is 176 Å². The third kappa shape index (κ3) is 3.46. The first-order valence-electron chi connectivity index (χ1n) is 9.61. The van der Waals surface area contributed by atoms with Crippen molar-refractivity contribution in [3.8, 4) is 17.1 Å². The van der Waals surface area contributed by atoms with Crippen LogP contribution >= 0.6 is 11.6 Å². The van der Waals surface area contributed by atoms with Crippen LogP contribution in [0.3, 0.4) is 0 Å². The molecule has 0 radical (unpaired) electrons.